The quantitative estimate of drug-likeness (QED) is 0.361. The number of anilines is 1. The average Bonchev–Trinajstić information content (AvgIpc) is 3.01. The van der Waals surface area contributed by atoms with E-state index < -0.39 is 23.4 Å². The minimum atomic E-state index is -0.678. The van der Waals surface area contributed by atoms with E-state index in [0.717, 1.165) is 6.20 Å². The second kappa shape index (κ2) is 7.65. The highest BCUT2D eigenvalue weighted by Gasteiger charge is 2.17. The molecule has 2 heterocycles. The predicted molar refractivity (Wildman–Crippen MR) is 83.7 cm³/mol. The zero-order valence-corrected chi connectivity index (χ0v) is 13.3. The Morgan fingerprint density at radius 2 is 2.26 bits per heavy atom. The molecule has 0 aliphatic heterocycles. The maximum atomic E-state index is 11.9. The van der Waals surface area contributed by atoms with E-state index in [0.29, 0.717) is 16.4 Å². The number of thioether (sulfide) groups is 1. The maximum Gasteiger partial charge on any atom is 0.345 e. The van der Waals surface area contributed by atoms with Crippen molar-refractivity contribution in [3.63, 3.8) is 0 Å². The number of esters is 1. The van der Waals surface area contributed by atoms with Gasteiger partial charge in [0.1, 0.15) is 11.2 Å². The van der Waals surface area contributed by atoms with Gasteiger partial charge in [-0.05, 0) is 29.7 Å². The fourth-order valence-electron chi connectivity index (χ4n) is 1.48. The monoisotopic (exact) mass is 354 g/mol. The van der Waals surface area contributed by atoms with E-state index in [1.165, 1.54) is 11.8 Å². The molecule has 1 amide bonds. The molecule has 0 unspecified atom stereocenters. The van der Waals surface area contributed by atoms with Crippen molar-refractivity contribution >= 4 is 45.1 Å². The molecule has 0 bridgehead atoms. The van der Waals surface area contributed by atoms with Crippen molar-refractivity contribution in [1.29, 1.82) is 0 Å². The number of ether oxygens (including phenoxy) is 1. The van der Waals surface area contributed by atoms with Crippen LogP contribution in [0.1, 0.15) is 10.4 Å². The van der Waals surface area contributed by atoms with Crippen LogP contribution >= 0.6 is 23.1 Å². The lowest BCUT2D eigenvalue weighted by molar-refractivity contribution is -0.380. The first-order valence-electron chi connectivity index (χ1n) is 6.07. The van der Waals surface area contributed by atoms with Gasteiger partial charge in [0.05, 0.1) is 10.5 Å². The lowest BCUT2D eigenvalue weighted by Gasteiger charge is -2.06. The molecule has 2 aromatic heterocycles. The van der Waals surface area contributed by atoms with Crippen molar-refractivity contribution in [2.75, 3.05) is 18.2 Å². The van der Waals surface area contributed by atoms with Crippen LogP contribution in [-0.2, 0) is 9.53 Å². The number of thiazole rings is 1. The molecule has 0 radical (unpaired) electrons. The molecule has 0 atom stereocenters. The fraction of sp³-hybridized carbons (Fsp3) is 0.167. The highest BCUT2D eigenvalue weighted by Crippen LogP contribution is 2.24. The number of pyridine rings is 1. The van der Waals surface area contributed by atoms with E-state index in [9.17, 15) is 19.7 Å². The molecule has 0 saturated heterocycles. The molecular formula is C12H10N4O5S2. The van der Waals surface area contributed by atoms with Crippen molar-refractivity contribution in [1.82, 2.24) is 9.97 Å². The molecule has 0 fully saturated rings. The van der Waals surface area contributed by atoms with Gasteiger partial charge >= 0.3 is 11.0 Å². The first kappa shape index (κ1) is 16.8. The third-order valence-electron chi connectivity index (χ3n) is 2.44. The molecule has 120 valence electrons. The summed E-state index contributed by atoms with van der Waals surface area (Å²) in [4.78, 5) is 41.2. The molecule has 2 rings (SSSR count). The highest BCUT2D eigenvalue weighted by atomic mass is 32.2. The Kier molecular flexibility index (Phi) is 5.60. The van der Waals surface area contributed by atoms with Gasteiger partial charge in [0.15, 0.2) is 11.7 Å². The van der Waals surface area contributed by atoms with Crippen LogP contribution < -0.4 is 5.32 Å². The van der Waals surface area contributed by atoms with Gasteiger partial charge in [-0.1, -0.05) is 0 Å². The molecule has 0 saturated carbocycles. The van der Waals surface area contributed by atoms with E-state index in [1.807, 2.05) is 0 Å². The van der Waals surface area contributed by atoms with Gasteiger partial charge in [0.25, 0.3) is 5.91 Å². The summed E-state index contributed by atoms with van der Waals surface area (Å²) in [5.74, 6) is -1.32. The van der Waals surface area contributed by atoms with Crippen LogP contribution in [0.2, 0.25) is 0 Å². The predicted octanol–water partition coefficient (Wildman–Crippen LogP) is 1.96. The van der Waals surface area contributed by atoms with Crippen LogP contribution in [0.5, 0.6) is 0 Å². The van der Waals surface area contributed by atoms with Crippen LogP contribution in [0, 0.1) is 10.1 Å². The Morgan fingerprint density at radius 1 is 1.48 bits per heavy atom. The Labute approximate surface area is 138 Å². The Hall–Kier alpha value is -2.53. The average molecular weight is 354 g/mol. The number of carbonyl (C=O) groups excluding carboxylic acids is 2. The second-order valence-corrected chi connectivity index (χ2v) is 5.75. The normalized spacial score (nSPS) is 10.1. The molecule has 0 aromatic carbocycles. The number of nitro groups is 1. The summed E-state index contributed by atoms with van der Waals surface area (Å²) in [5.41, 5.74) is 0.262. The van der Waals surface area contributed by atoms with Crippen molar-refractivity contribution in [2.45, 2.75) is 5.03 Å². The fourth-order valence-corrected chi connectivity index (χ4v) is 2.67. The van der Waals surface area contributed by atoms with E-state index in [-0.39, 0.29) is 15.7 Å². The van der Waals surface area contributed by atoms with Crippen molar-refractivity contribution in [3.8, 4) is 0 Å². The van der Waals surface area contributed by atoms with Crippen molar-refractivity contribution in [3.05, 3.63) is 40.2 Å². The number of amides is 1. The summed E-state index contributed by atoms with van der Waals surface area (Å²) >= 11 is 1.99. The summed E-state index contributed by atoms with van der Waals surface area (Å²) in [6, 6.07) is 3.13. The summed E-state index contributed by atoms with van der Waals surface area (Å²) in [7, 11) is 0. The minimum absolute atomic E-state index is 0.0592. The number of nitrogens with one attached hydrogen (secondary N) is 1. The molecule has 9 nitrogen and oxygen atoms in total. The highest BCUT2D eigenvalue weighted by molar-refractivity contribution is 7.98. The number of hydrogen-bond acceptors (Lipinski definition) is 9. The van der Waals surface area contributed by atoms with Crippen LogP contribution in [-0.4, -0.2) is 39.6 Å². The van der Waals surface area contributed by atoms with Gasteiger partial charge in [-0.2, -0.15) is 0 Å². The Balaban J connectivity index is 1.90. The van der Waals surface area contributed by atoms with Gasteiger partial charge in [-0.3, -0.25) is 20.2 Å². The standard InChI is InChI=1S/C12H10N4O5S2/c1-22-10-7(3-2-4-13-10)11(18)21-6-8(17)15-12-14-5-9(23-12)16(19)20/h2-5H,6H2,1H3,(H,14,15,17). The first-order chi connectivity index (χ1) is 11.0. The molecule has 11 heteroatoms. The van der Waals surface area contributed by atoms with Crippen LogP contribution in [0.4, 0.5) is 10.1 Å². The number of nitrogens with zero attached hydrogens (tertiary/aromatic N) is 3. The maximum absolute atomic E-state index is 11.9. The zero-order valence-electron chi connectivity index (χ0n) is 11.7. The molecule has 0 spiro atoms. The SMILES string of the molecule is CSc1ncccc1C(=O)OCC(=O)Nc1ncc([N+](=O)[O-])s1. The third kappa shape index (κ3) is 4.47. The minimum Gasteiger partial charge on any atom is -0.452 e. The molecule has 0 aliphatic rings. The molecule has 0 aliphatic carbocycles. The van der Waals surface area contributed by atoms with E-state index in [4.69, 9.17) is 4.74 Å². The Morgan fingerprint density at radius 3 is 2.91 bits per heavy atom. The first-order valence-corrected chi connectivity index (χ1v) is 8.11. The molecule has 1 N–H and O–H groups in total. The summed E-state index contributed by atoms with van der Waals surface area (Å²) in [6.45, 7) is -0.533. The van der Waals surface area contributed by atoms with Gasteiger partial charge < -0.3 is 4.74 Å². The van der Waals surface area contributed by atoms with Crippen LogP contribution in [0.15, 0.2) is 29.6 Å². The number of rotatable bonds is 6. The van der Waals surface area contributed by atoms with Gasteiger partial charge in [0, 0.05) is 6.20 Å². The topological polar surface area (TPSA) is 124 Å². The lowest BCUT2D eigenvalue weighted by Crippen LogP contribution is -2.21. The third-order valence-corrected chi connectivity index (χ3v) is 4.02. The van der Waals surface area contributed by atoms with Crippen molar-refractivity contribution in [2.24, 2.45) is 0 Å². The molecule has 23 heavy (non-hydrogen) atoms. The van der Waals surface area contributed by atoms with E-state index in [2.05, 4.69) is 15.3 Å². The van der Waals surface area contributed by atoms with Gasteiger partial charge in [-0.15, -0.1) is 11.8 Å². The second-order valence-electron chi connectivity index (χ2n) is 3.95. The zero-order chi connectivity index (χ0) is 16.8. The van der Waals surface area contributed by atoms with Crippen LogP contribution in [0.25, 0.3) is 0 Å². The number of aromatic nitrogens is 2. The summed E-state index contributed by atoms with van der Waals surface area (Å²) in [5, 5.41) is 13.2. The van der Waals surface area contributed by atoms with Gasteiger partial charge in [0.2, 0.25) is 0 Å². The number of hydrogen-bond donors (Lipinski definition) is 1. The number of carbonyl (C=O) groups is 2. The lowest BCUT2D eigenvalue weighted by atomic mass is 10.3. The van der Waals surface area contributed by atoms with Gasteiger partial charge in [-0.25, -0.2) is 14.8 Å². The van der Waals surface area contributed by atoms with E-state index >= 15 is 0 Å². The van der Waals surface area contributed by atoms with Crippen molar-refractivity contribution < 1.29 is 19.2 Å². The largest absolute Gasteiger partial charge is 0.452 e. The molecular weight excluding hydrogens is 344 g/mol. The summed E-state index contributed by atoms with van der Waals surface area (Å²) < 4.78 is 4.90. The van der Waals surface area contributed by atoms with Crippen LogP contribution in [0.3, 0.4) is 0 Å². The Bertz CT molecular complexity index is 749. The van der Waals surface area contributed by atoms with E-state index in [1.54, 1.807) is 24.6 Å². The summed E-state index contributed by atoms with van der Waals surface area (Å²) in [6.07, 6.45) is 4.35. The molecule has 2 aromatic rings. The smallest absolute Gasteiger partial charge is 0.345 e.